The van der Waals surface area contributed by atoms with Crippen LogP contribution >= 0.6 is 11.6 Å². The molecule has 0 aliphatic carbocycles. The summed E-state index contributed by atoms with van der Waals surface area (Å²) in [6.07, 6.45) is 3.27. The molecular weight excluding hydrogens is 258 g/mol. The number of rotatable bonds is 3. The number of ether oxygens (including phenoxy) is 1. The van der Waals surface area contributed by atoms with Gasteiger partial charge in [-0.25, -0.2) is 0 Å². The van der Waals surface area contributed by atoms with Gasteiger partial charge in [-0.05, 0) is 31.4 Å². The van der Waals surface area contributed by atoms with Gasteiger partial charge in [-0.3, -0.25) is 4.21 Å². The van der Waals surface area contributed by atoms with E-state index in [4.69, 9.17) is 22.1 Å². The molecule has 1 aromatic rings. The Kier molecular flexibility index (Phi) is 4.42. The molecule has 5 heteroatoms. The van der Waals surface area contributed by atoms with E-state index in [1.165, 1.54) is 0 Å². The molecule has 1 heterocycles. The van der Waals surface area contributed by atoms with E-state index in [0.717, 1.165) is 25.9 Å². The Hall–Kier alpha value is -0.580. The van der Waals surface area contributed by atoms with E-state index >= 15 is 0 Å². The van der Waals surface area contributed by atoms with Crippen molar-refractivity contribution >= 4 is 28.1 Å². The van der Waals surface area contributed by atoms with E-state index in [1.807, 2.05) is 0 Å². The van der Waals surface area contributed by atoms with Crippen LogP contribution in [0.3, 0.4) is 0 Å². The van der Waals surface area contributed by atoms with Crippen LogP contribution in [0.25, 0.3) is 0 Å². The van der Waals surface area contributed by atoms with Gasteiger partial charge in [0.2, 0.25) is 0 Å². The average molecular weight is 274 g/mol. The van der Waals surface area contributed by atoms with Crippen LogP contribution in [0.15, 0.2) is 23.1 Å². The van der Waals surface area contributed by atoms with Crippen LogP contribution in [0.1, 0.15) is 19.3 Å². The summed E-state index contributed by atoms with van der Waals surface area (Å²) in [5.41, 5.74) is 6.30. The summed E-state index contributed by atoms with van der Waals surface area (Å²) in [6.45, 7) is 0.764. The normalized spacial score (nSPS) is 22.3. The SMILES string of the molecule is Nc1cccc(Cl)c1S(=O)CC1CCCCO1. The molecule has 3 nitrogen and oxygen atoms in total. The van der Waals surface area contributed by atoms with Gasteiger partial charge in [-0.2, -0.15) is 0 Å². The van der Waals surface area contributed by atoms with Crippen molar-refractivity contribution in [1.82, 2.24) is 0 Å². The number of nitrogens with two attached hydrogens (primary N) is 1. The third-order valence-corrected chi connectivity index (χ3v) is 4.85. The summed E-state index contributed by atoms with van der Waals surface area (Å²) in [5, 5.41) is 0.471. The van der Waals surface area contributed by atoms with E-state index in [-0.39, 0.29) is 6.10 Å². The summed E-state index contributed by atoms with van der Waals surface area (Å²) in [6, 6.07) is 5.20. The lowest BCUT2D eigenvalue weighted by molar-refractivity contribution is 0.0310. The summed E-state index contributed by atoms with van der Waals surface area (Å²) in [5.74, 6) is 0.480. The van der Waals surface area contributed by atoms with Crippen LogP contribution < -0.4 is 5.73 Å². The van der Waals surface area contributed by atoms with Gasteiger partial charge in [0, 0.05) is 12.3 Å². The van der Waals surface area contributed by atoms with Crippen LogP contribution in [0, 0.1) is 0 Å². The summed E-state index contributed by atoms with van der Waals surface area (Å²) in [7, 11) is -1.19. The number of nitrogen functional groups attached to an aromatic ring is 1. The fraction of sp³-hybridized carbons (Fsp3) is 0.500. The second-order valence-electron chi connectivity index (χ2n) is 4.16. The van der Waals surface area contributed by atoms with E-state index in [1.54, 1.807) is 18.2 Å². The molecule has 0 amide bonds. The molecule has 2 rings (SSSR count). The molecule has 0 spiro atoms. The zero-order valence-corrected chi connectivity index (χ0v) is 11.1. The van der Waals surface area contributed by atoms with Crippen molar-refractivity contribution in [2.75, 3.05) is 18.1 Å². The first-order chi connectivity index (χ1) is 8.18. The standard InChI is InChI=1S/C12H16ClNO2S/c13-10-5-3-6-11(14)12(10)17(15)8-9-4-1-2-7-16-9/h3,5-6,9H,1-2,4,7-8,14H2. The summed E-state index contributed by atoms with van der Waals surface area (Å²) >= 11 is 6.03. The van der Waals surface area contributed by atoms with Crippen molar-refractivity contribution in [3.05, 3.63) is 23.2 Å². The molecule has 1 aliphatic rings. The van der Waals surface area contributed by atoms with Crippen molar-refractivity contribution in [3.8, 4) is 0 Å². The minimum atomic E-state index is -1.19. The lowest BCUT2D eigenvalue weighted by Crippen LogP contribution is -2.25. The van der Waals surface area contributed by atoms with Crippen LogP contribution in [0.5, 0.6) is 0 Å². The number of anilines is 1. The van der Waals surface area contributed by atoms with Gasteiger partial charge in [-0.1, -0.05) is 17.7 Å². The zero-order chi connectivity index (χ0) is 12.3. The van der Waals surface area contributed by atoms with E-state index in [0.29, 0.717) is 21.4 Å². The number of halogens is 1. The van der Waals surface area contributed by atoms with Crippen molar-refractivity contribution in [1.29, 1.82) is 0 Å². The Labute approximate surface area is 109 Å². The third kappa shape index (κ3) is 3.21. The molecule has 1 aromatic carbocycles. The fourth-order valence-electron chi connectivity index (χ4n) is 1.96. The summed E-state index contributed by atoms with van der Waals surface area (Å²) in [4.78, 5) is 0.545. The Morgan fingerprint density at radius 2 is 2.29 bits per heavy atom. The van der Waals surface area contributed by atoms with E-state index in [2.05, 4.69) is 0 Å². The molecule has 1 saturated heterocycles. The number of benzene rings is 1. The molecule has 0 saturated carbocycles. The molecular formula is C12H16ClNO2S. The smallest absolute Gasteiger partial charge is 0.0804 e. The van der Waals surface area contributed by atoms with Gasteiger partial charge in [0.15, 0.2) is 0 Å². The van der Waals surface area contributed by atoms with Crippen LogP contribution in [-0.2, 0) is 15.5 Å². The Morgan fingerprint density at radius 1 is 1.47 bits per heavy atom. The van der Waals surface area contributed by atoms with Gasteiger partial charge in [0.25, 0.3) is 0 Å². The van der Waals surface area contributed by atoms with Crippen molar-refractivity contribution in [2.24, 2.45) is 0 Å². The zero-order valence-electron chi connectivity index (χ0n) is 9.52. The second kappa shape index (κ2) is 5.85. The fourth-order valence-corrected chi connectivity index (χ4v) is 3.78. The van der Waals surface area contributed by atoms with Crippen molar-refractivity contribution in [2.45, 2.75) is 30.3 Å². The molecule has 0 bridgehead atoms. The predicted molar refractivity (Wildman–Crippen MR) is 70.7 cm³/mol. The van der Waals surface area contributed by atoms with Gasteiger partial charge < -0.3 is 10.5 Å². The lowest BCUT2D eigenvalue weighted by Gasteiger charge is -2.22. The molecule has 0 radical (unpaired) electrons. The van der Waals surface area contributed by atoms with Crippen LogP contribution in [0.2, 0.25) is 5.02 Å². The predicted octanol–water partition coefficient (Wildman–Crippen LogP) is 2.60. The maximum atomic E-state index is 12.2. The first-order valence-electron chi connectivity index (χ1n) is 5.72. The number of hydrogen-bond acceptors (Lipinski definition) is 3. The maximum absolute atomic E-state index is 12.2. The third-order valence-electron chi connectivity index (χ3n) is 2.84. The Balaban J connectivity index is 2.08. The largest absolute Gasteiger partial charge is 0.398 e. The van der Waals surface area contributed by atoms with Gasteiger partial charge >= 0.3 is 0 Å². The highest BCUT2D eigenvalue weighted by molar-refractivity contribution is 7.85. The highest BCUT2D eigenvalue weighted by Crippen LogP contribution is 2.27. The lowest BCUT2D eigenvalue weighted by atomic mass is 10.1. The first-order valence-corrected chi connectivity index (χ1v) is 7.42. The minimum absolute atomic E-state index is 0.0697. The van der Waals surface area contributed by atoms with Crippen molar-refractivity contribution in [3.63, 3.8) is 0 Å². The highest BCUT2D eigenvalue weighted by atomic mass is 35.5. The van der Waals surface area contributed by atoms with E-state index < -0.39 is 10.8 Å². The molecule has 2 unspecified atom stereocenters. The molecule has 17 heavy (non-hydrogen) atoms. The van der Waals surface area contributed by atoms with Gasteiger partial charge in [0.05, 0.1) is 32.6 Å². The first kappa shape index (κ1) is 12.9. The molecule has 94 valence electrons. The average Bonchev–Trinajstić information content (AvgIpc) is 2.30. The monoisotopic (exact) mass is 273 g/mol. The molecule has 2 N–H and O–H groups in total. The van der Waals surface area contributed by atoms with Gasteiger partial charge in [0.1, 0.15) is 0 Å². The second-order valence-corrected chi connectivity index (χ2v) is 6.00. The highest BCUT2D eigenvalue weighted by Gasteiger charge is 2.20. The molecule has 1 aliphatic heterocycles. The minimum Gasteiger partial charge on any atom is -0.398 e. The molecule has 0 aromatic heterocycles. The van der Waals surface area contributed by atoms with Crippen LogP contribution in [-0.4, -0.2) is 22.7 Å². The van der Waals surface area contributed by atoms with Crippen molar-refractivity contribution < 1.29 is 8.95 Å². The van der Waals surface area contributed by atoms with Gasteiger partial charge in [-0.15, -0.1) is 0 Å². The Bertz CT molecular complexity index is 399. The topological polar surface area (TPSA) is 52.3 Å². The quantitative estimate of drug-likeness (QED) is 0.862. The Morgan fingerprint density at radius 3 is 2.94 bits per heavy atom. The molecule has 2 atom stereocenters. The maximum Gasteiger partial charge on any atom is 0.0804 e. The van der Waals surface area contributed by atoms with E-state index in [9.17, 15) is 4.21 Å². The summed E-state index contributed by atoms with van der Waals surface area (Å²) < 4.78 is 17.8. The molecule has 1 fully saturated rings. The number of hydrogen-bond donors (Lipinski definition) is 1. The van der Waals surface area contributed by atoms with Crippen LogP contribution in [0.4, 0.5) is 5.69 Å².